The van der Waals surface area contributed by atoms with E-state index >= 15 is 0 Å². The zero-order valence-electron chi connectivity index (χ0n) is 8.76. The Balaban J connectivity index is 2.70. The lowest BCUT2D eigenvalue weighted by Crippen LogP contribution is -1.97. The van der Waals surface area contributed by atoms with E-state index in [1.54, 1.807) is 0 Å². The summed E-state index contributed by atoms with van der Waals surface area (Å²) in [5, 5.41) is 9.85. The molecule has 2 heteroatoms. The van der Waals surface area contributed by atoms with Gasteiger partial charge in [-0.3, -0.25) is 0 Å². The van der Waals surface area contributed by atoms with Gasteiger partial charge in [0.25, 0.3) is 0 Å². The predicted molar refractivity (Wildman–Crippen MR) is 63.4 cm³/mol. The highest BCUT2D eigenvalue weighted by atomic mass is 79.9. The van der Waals surface area contributed by atoms with Crippen molar-refractivity contribution < 1.29 is 5.11 Å². The second-order valence-corrected chi connectivity index (χ2v) is 4.52. The van der Waals surface area contributed by atoms with E-state index in [1.165, 1.54) is 5.56 Å². The molecule has 0 bridgehead atoms. The molecule has 0 spiro atoms. The molecule has 1 N–H and O–H groups in total. The number of halogens is 1. The number of hydrogen-bond donors (Lipinski definition) is 1. The van der Waals surface area contributed by atoms with E-state index in [0.717, 1.165) is 29.3 Å². The van der Waals surface area contributed by atoms with E-state index in [1.807, 2.05) is 25.1 Å². The molecule has 0 aliphatic rings. The van der Waals surface area contributed by atoms with Crippen molar-refractivity contribution in [1.82, 2.24) is 0 Å². The maximum absolute atomic E-state index is 9.85. The van der Waals surface area contributed by atoms with Crippen molar-refractivity contribution in [1.29, 1.82) is 0 Å². The minimum absolute atomic E-state index is 0.313. The van der Waals surface area contributed by atoms with Gasteiger partial charge < -0.3 is 5.11 Å². The van der Waals surface area contributed by atoms with Crippen LogP contribution in [0, 0.1) is 6.92 Å². The lowest BCUT2D eigenvalue weighted by atomic mass is 10.0. The van der Waals surface area contributed by atoms with E-state index in [9.17, 15) is 5.11 Å². The van der Waals surface area contributed by atoms with Gasteiger partial charge in [-0.25, -0.2) is 0 Å². The highest BCUT2D eigenvalue weighted by molar-refractivity contribution is 9.10. The SMILES string of the molecule is CCCCC(O)c1ccc(C)c(Br)c1. The molecular weight excluding hydrogens is 240 g/mol. The maximum Gasteiger partial charge on any atom is 0.0790 e. The monoisotopic (exact) mass is 256 g/mol. The van der Waals surface area contributed by atoms with Crippen molar-refractivity contribution in [3.8, 4) is 0 Å². The third kappa shape index (κ3) is 3.10. The van der Waals surface area contributed by atoms with Gasteiger partial charge >= 0.3 is 0 Å². The molecule has 1 aromatic rings. The van der Waals surface area contributed by atoms with Crippen LogP contribution in [0.2, 0.25) is 0 Å². The molecule has 0 aromatic heterocycles. The first-order chi connectivity index (χ1) is 6.65. The first-order valence-corrected chi connectivity index (χ1v) is 5.88. The Bertz CT molecular complexity index is 296. The fourth-order valence-corrected chi connectivity index (χ4v) is 1.78. The molecule has 0 saturated carbocycles. The topological polar surface area (TPSA) is 20.2 Å². The lowest BCUT2D eigenvalue weighted by Gasteiger charge is -2.11. The van der Waals surface area contributed by atoms with Crippen LogP contribution in [0.1, 0.15) is 43.4 Å². The van der Waals surface area contributed by atoms with Crippen LogP contribution in [-0.2, 0) is 0 Å². The molecule has 1 unspecified atom stereocenters. The van der Waals surface area contributed by atoms with Crippen LogP contribution in [0.15, 0.2) is 22.7 Å². The molecular formula is C12H17BrO. The standard InChI is InChI=1S/C12H17BrO/c1-3-4-5-12(14)10-7-6-9(2)11(13)8-10/h6-8,12,14H,3-5H2,1-2H3. The molecule has 0 fully saturated rings. The summed E-state index contributed by atoms with van der Waals surface area (Å²) in [5.74, 6) is 0. The van der Waals surface area contributed by atoms with Crippen LogP contribution < -0.4 is 0 Å². The van der Waals surface area contributed by atoms with Gasteiger partial charge in [0.2, 0.25) is 0 Å². The third-order valence-corrected chi connectivity index (χ3v) is 3.27. The Labute approximate surface area is 94.3 Å². The van der Waals surface area contributed by atoms with Crippen molar-refractivity contribution >= 4 is 15.9 Å². The molecule has 0 aliphatic carbocycles. The molecule has 1 aromatic carbocycles. The minimum Gasteiger partial charge on any atom is -0.388 e. The summed E-state index contributed by atoms with van der Waals surface area (Å²) in [5.41, 5.74) is 2.22. The van der Waals surface area contributed by atoms with E-state index in [-0.39, 0.29) is 6.10 Å². The highest BCUT2D eigenvalue weighted by Crippen LogP contribution is 2.24. The van der Waals surface area contributed by atoms with Gasteiger partial charge in [0.1, 0.15) is 0 Å². The van der Waals surface area contributed by atoms with Crippen LogP contribution in [-0.4, -0.2) is 5.11 Å². The molecule has 0 heterocycles. The maximum atomic E-state index is 9.85. The Morgan fingerprint density at radius 3 is 2.71 bits per heavy atom. The number of hydrogen-bond acceptors (Lipinski definition) is 1. The van der Waals surface area contributed by atoms with Crippen molar-refractivity contribution in [2.75, 3.05) is 0 Å². The Kier molecular flexibility index (Phi) is 4.63. The number of rotatable bonds is 4. The Hall–Kier alpha value is -0.340. The molecule has 0 aliphatic heterocycles. The van der Waals surface area contributed by atoms with Crippen molar-refractivity contribution in [2.45, 2.75) is 39.2 Å². The molecule has 0 saturated heterocycles. The molecule has 14 heavy (non-hydrogen) atoms. The zero-order chi connectivity index (χ0) is 10.6. The second kappa shape index (κ2) is 5.52. The van der Waals surface area contributed by atoms with Crippen molar-refractivity contribution in [3.63, 3.8) is 0 Å². The number of benzene rings is 1. The van der Waals surface area contributed by atoms with E-state index in [2.05, 4.69) is 22.9 Å². The summed E-state index contributed by atoms with van der Waals surface area (Å²) in [6, 6.07) is 6.05. The van der Waals surface area contributed by atoms with E-state index < -0.39 is 0 Å². The number of unbranched alkanes of at least 4 members (excludes halogenated alkanes) is 1. The van der Waals surface area contributed by atoms with E-state index in [4.69, 9.17) is 0 Å². The molecule has 0 amide bonds. The average molecular weight is 257 g/mol. The summed E-state index contributed by atoms with van der Waals surface area (Å²) in [4.78, 5) is 0. The van der Waals surface area contributed by atoms with Crippen molar-refractivity contribution in [3.05, 3.63) is 33.8 Å². The normalized spacial score (nSPS) is 12.9. The van der Waals surface area contributed by atoms with Crippen LogP contribution in [0.5, 0.6) is 0 Å². The summed E-state index contributed by atoms with van der Waals surface area (Å²) in [6.45, 7) is 4.18. The summed E-state index contributed by atoms with van der Waals surface area (Å²) in [7, 11) is 0. The van der Waals surface area contributed by atoms with Crippen LogP contribution in [0.4, 0.5) is 0 Å². The lowest BCUT2D eigenvalue weighted by molar-refractivity contribution is 0.164. The number of aliphatic hydroxyl groups is 1. The fourth-order valence-electron chi connectivity index (χ4n) is 1.38. The van der Waals surface area contributed by atoms with Crippen LogP contribution in [0.3, 0.4) is 0 Å². The van der Waals surface area contributed by atoms with Gasteiger partial charge in [-0.05, 0) is 30.5 Å². The molecule has 1 nitrogen and oxygen atoms in total. The average Bonchev–Trinajstić information content (AvgIpc) is 2.18. The quantitative estimate of drug-likeness (QED) is 0.864. The van der Waals surface area contributed by atoms with Crippen LogP contribution in [0.25, 0.3) is 0 Å². The molecule has 1 rings (SSSR count). The Morgan fingerprint density at radius 2 is 2.14 bits per heavy atom. The smallest absolute Gasteiger partial charge is 0.0790 e. The minimum atomic E-state index is -0.313. The predicted octanol–water partition coefficient (Wildman–Crippen LogP) is 3.98. The van der Waals surface area contributed by atoms with Gasteiger partial charge in [0.15, 0.2) is 0 Å². The molecule has 78 valence electrons. The van der Waals surface area contributed by atoms with Crippen LogP contribution >= 0.6 is 15.9 Å². The summed E-state index contributed by atoms with van der Waals surface area (Å²) >= 11 is 3.47. The molecule has 0 radical (unpaired) electrons. The summed E-state index contributed by atoms with van der Waals surface area (Å²) in [6.07, 6.45) is 2.75. The largest absolute Gasteiger partial charge is 0.388 e. The van der Waals surface area contributed by atoms with Gasteiger partial charge in [-0.1, -0.05) is 47.8 Å². The first kappa shape index (κ1) is 11.7. The third-order valence-electron chi connectivity index (χ3n) is 2.41. The van der Waals surface area contributed by atoms with E-state index in [0.29, 0.717) is 0 Å². The van der Waals surface area contributed by atoms with Crippen molar-refractivity contribution in [2.24, 2.45) is 0 Å². The van der Waals surface area contributed by atoms with Gasteiger partial charge in [0.05, 0.1) is 6.10 Å². The number of aliphatic hydroxyl groups excluding tert-OH is 1. The Morgan fingerprint density at radius 1 is 1.43 bits per heavy atom. The van der Waals surface area contributed by atoms with Gasteiger partial charge in [-0.2, -0.15) is 0 Å². The summed E-state index contributed by atoms with van der Waals surface area (Å²) < 4.78 is 1.07. The highest BCUT2D eigenvalue weighted by Gasteiger charge is 2.07. The molecule has 1 atom stereocenters. The fraction of sp³-hybridized carbons (Fsp3) is 0.500. The number of aryl methyl sites for hydroxylation is 1. The first-order valence-electron chi connectivity index (χ1n) is 5.09. The van der Waals surface area contributed by atoms with Gasteiger partial charge in [-0.15, -0.1) is 0 Å². The second-order valence-electron chi connectivity index (χ2n) is 3.67. The zero-order valence-corrected chi connectivity index (χ0v) is 10.3. The van der Waals surface area contributed by atoms with Gasteiger partial charge in [0, 0.05) is 4.47 Å².